The number of hydrogen-bond acceptors (Lipinski definition) is 4. The molecule has 1 aliphatic heterocycles. The number of nitrogens with two attached hydrogens (primary N) is 1. The normalized spacial score (nSPS) is 15.9. The van der Waals surface area contributed by atoms with Crippen molar-refractivity contribution < 1.29 is 0 Å². The van der Waals surface area contributed by atoms with Crippen LogP contribution < -0.4 is 10.6 Å². The first-order valence-corrected chi connectivity index (χ1v) is 4.14. The van der Waals surface area contributed by atoms with Gasteiger partial charge in [0.2, 0.25) is 0 Å². The minimum atomic E-state index is 0. The second-order valence-corrected chi connectivity index (χ2v) is 3.35. The molecule has 1 fully saturated rings. The van der Waals surface area contributed by atoms with Crippen LogP contribution in [0.25, 0.3) is 0 Å². The van der Waals surface area contributed by atoms with E-state index in [1.165, 1.54) is 0 Å². The largest absolute Gasteiger partial charge is 0.345 e. The number of nitrogens with zero attached hydrogens (tertiary/aromatic N) is 2. The summed E-state index contributed by atoms with van der Waals surface area (Å²) in [5.41, 5.74) is 5.61. The van der Waals surface area contributed by atoms with Crippen molar-refractivity contribution in [1.82, 2.24) is 4.98 Å². The Labute approximate surface area is 87.8 Å². The summed E-state index contributed by atoms with van der Waals surface area (Å²) in [6.07, 6.45) is 1.82. The SMILES string of the molecule is Cl.Cl.NC1CN(c2nccs2)C1. The maximum absolute atomic E-state index is 5.61. The van der Waals surface area contributed by atoms with Gasteiger partial charge in [0, 0.05) is 30.7 Å². The van der Waals surface area contributed by atoms with Crippen LogP contribution in [0.3, 0.4) is 0 Å². The number of halogens is 2. The lowest BCUT2D eigenvalue weighted by molar-refractivity contribution is 0.518. The Morgan fingerprint density at radius 2 is 2.17 bits per heavy atom. The molecule has 0 bridgehead atoms. The monoisotopic (exact) mass is 227 g/mol. The highest BCUT2D eigenvalue weighted by Crippen LogP contribution is 2.21. The van der Waals surface area contributed by atoms with Gasteiger partial charge in [0.15, 0.2) is 5.13 Å². The summed E-state index contributed by atoms with van der Waals surface area (Å²) in [6, 6.07) is 0.365. The number of hydrogen-bond donors (Lipinski definition) is 1. The summed E-state index contributed by atoms with van der Waals surface area (Å²) >= 11 is 1.67. The Hall–Kier alpha value is -0.0300. The Kier molecular flexibility index (Phi) is 4.85. The van der Waals surface area contributed by atoms with Gasteiger partial charge < -0.3 is 10.6 Å². The van der Waals surface area contributed by atoms with Gasteiger partial charge >= 0.3 is 0 Å². The van der Waals surface area contributed by atoms with Crippen LogP contribution in [0.4, 0.5) is 5.13 Å². The molecule has 2 rings (SSSR count). The molecule has 2 heterocycles. The van der Waals surface area contributed by atoms with Gasteiger partial charge in [0.25, 0.3) is 0 Å². The fourth-order valence-corrected chi connectivity index (χ4v) is 1.70. The van der Waals surface area contributed by atoms with E-state index in [4.69, 9.17) is 5.73 Å². The first-order chi connectivity index (χ1) is 4.86. The first kappa shape index (κ1) is 12.0. The molecular formula is C6H11Cl2N3S. The molecule has 0 spiro atoms. The zero-order valence-electron chi connectivity index (χ0n) is 6.34. The van der Waals surface area contributed by atoms with Gasteiger partial charge in [0.05, 0.1) is 0 Å². The first-order valence-electron chi connectivity index (χ1n) is 3.26. The van der Waals surface area contributed by atoms with Crippen molar-refractivity contribution in [1.29, 1.82) is 0 Å². The van der Waals surface area contributed by atoms with Crippen molar-refractivity contribution in [3.8, 4) is 0 Å². The van der Waals surface area contributed by atoms with E-state index >= 15 is 0 Å². The quantitative estimate of drug-likeness (QED) is 0.783. The maximum Gasteiger partial charge on any atom is 0.185 e. The van der Waals surface area contributed by atoms with Gasteiger partial charge in [-0.25, -0.2) is 4.98 Å². The van der Waals surface area contributed by atoms with E-state index in [0.29, 0.717) is 6.04 Å². The van der Waals surface area contributed by atoms with E-state index < -0.39 is 0 Å². The van der Waals surface area contributed by atoms with Crippen molar-refractivity contribution in [2.45, 2.75) is 6.04 Å². The molecule has 6 heteroatoms. The third kappa shape index (κ3) is 2.23. The van der Waals surface area contributed by atoms with Crippen LogP contribution in [0.2, 0.25) is 0 Å². The van der Waals surface area contributed by atoms with Crippen LogP contribution in [0.5, 0.6) is 0 Å². The summed E-state index contributed by atoms with van der Waals surface area (Å²) in [7, 11) is 0. The molecule has 0 radical (unpaired) electrons. The van der Waals surface area contributed by atoms with Crippen LogP contribution in [0.15, 0.2) is 11.6 Å². The Balaban J connectivity index is 0.000000605. The third-order valence-corrected chi connectivity index (χ3v) is 2.43. The molecule has 0 aliphatic carbocycles. The second-order valence-electron chi connectivity index (χ2n) is 2.48. The highest BCUT2D eigenvalue weighted by molar-refractivity contribution is 7.13. The summed E-state index contributed by atoms with van der Waals surface area (Å²) < 4.78 is 0. The minimum absolute atomic E-state index is 0. The van der Waals surface area contributed by atoms with E-state index in [2.05, 4.69) is 9.88 Å². The van der Waals surface area contributed by atoms with Crippen molar-refractivity contribution in [3.63, 3.8) is 0 Å². The number of thiazole rings is 1. The van der Waals surface area contributed by atoms with Crippen LogP contribution in [-0.2, 0) is 0 Å². The lowest BCUT2D eigenvalue weighted by atomic mass is 10.1. The van der Waals surface area contributed by atoms with Gasteiger partial charge in [-0.3, -0.25) is 0 Å². The van der Waals surface area contributed by atoms with Crippen LogP contribution in [0.1, 0.15) is 0 Å². The number of aromatic nitrogens is 1. The molecule has 1 aliphatic rings. The van der Waals surface area contributed by atoms with Crippen LogP contribution in [-0.4, -0.2) is 24.1 Å². The number of anilines is 1. The van der Waals surface area contributed by atoms with Gasteiger partial charge in [-0.2, -0.15) is 0 Å². The predicted molar refractivity (Wildman–Crippen MR) is 56.8 cm³/mol. The summed E-state index contributed by atoms with van der Waals surface area (Å²) in [5.74, 6) is 0. The standard InChI is InChI=1S/C6H9N3S.2ClH/c7-5-3-9(4-5)6-8-1-2-10-6;;/h1-2,5H,3-4,7H2;2*1H. The molecule has 0 saturated carbocycles. The van der Waals surface area contributed by atoms with E-state index in [0.717, 1.165) is 18.2 Å². The maximum atomic E-state index is 5.61. The van der Waals surface area contributed by atoms with E-state index in [1.54, 1.807) is 11.3 Å². The zero-order chi connectivity index (χ0) is 6.97. The average Bonchev–Trinajstić information content (AvgIpc) is 2.31. The highest BCUT2D eigenvalue weighted by Gasteiger charge is 2.24. The van der Waals surface area contributed by atoms with Gasteiger partial charge in [-0.05, 0) is 0 Å². The van der Waals surface area contributed by atoms with Gasteiger partial charge in [-0.1, -0.05) is 0 Å². The summed E-state index contributed by atoms with van der Waals surface area (Å²) in [5, 5.41) is 3.08. The van der Waals surface area contributed by atoms with Crippen molar-refractivity contribution in [3.05, 3.63) is 11.6 Å². The summed E-state index contributed by atoms with van der Waals surface area (Å²) in [6.45, 7) is 1.93. The smallest absolute Gasteiger partial charge is 0.185 e. The summed E-state index contributed by atoms with van der Waals surface area (Å²) in [4.78, 5) is 6.35. The van der Waals surface area contributed by atoms with Crippen molar-refractivity contribution in [2.24, 2.45) is 5.73 Å². The fourth-order valence-electron chi connectivity index (χ4n) is 1.04. The number of rotatable bonds is 1. The lowest BCUT2D eigenvalue weighted by Crippen LogP contribution is -2.55. The molecule has 1 aromatic heterocycles. The van der Waals surface area contributed by atoms with Crippen LogP contribution in [0, 0.1) is 0 Å². The van der Waals surface area contributed by atoms with Gasteiger partial charge in [-0.15, -0.1) is 36.2 Å². The molecule has 3 nitrogen and oxygen atoms in total. The Morgan fingerprint density at radius 3 is 2.58 bits per heavy atom. The van der Waals surface area contributed by atoms with E-state index in [1.807, 2.05) is 11.6 Å². The van der Waals surface area contributed by atoms with Crippen LogP contribution >= 0.6 is 36.2 Å². The van der Waals surface area contributed by atoms with E-state index in [9.17, 15) is 0 Å². The fraction of sp³-hybridized carbons (Fsp3) is 0.500. The van der Waals surface area contributed by atoms with Gasteiger partial charge in [0.1, 0.15) is 0 Å². The molecule has 0 aromatic carbocycles. The molecule has 0 unspecified atom stereocenters. The topological polar surface area (TPSA) is 42.1 Å². The average molecular weight is 228 g/mol. The molecule has 12 heavy (non-hydrogen) atoms. The Bertz CT molecular complexity index is 211. The van der Waals surface area contributed by atoms with E-state index in [-0.39, 0.29) is 24.8 Å². The van der Waals surface area contributed by atoms with Crippen molar-refractivity contribution >= 4 is 41.3 Å². The second kappa shape index (κ2) is 4.87. The Morgan fingerprint density at radius 1 is 1.50 bits per heavy atom. The zero-order valence-corrected chi connectivity index (χ0v) is 8.79. The minimum Gasteiger partial charge on any atom is -0.345 e. The molecule has 70 valence electrons. The lowest BCUT2D eigenvalue weighted by Gasteiger charge is -2.36. The molecule has 2 N–H and O–H groups in total. The molecular weight excluding hydrogens is 217 g/mol. The molecule has 0 atom stereocenters. The van der Waals surface area contributed by atoms with Crippen molar-refractivity contribution in [2.75, 3.05) is 18.0 Å². The molecule has 1 aromatic rings. The highest BCUT2D eigenvalue weighted by atomic mass is 35.5. The predicted octanol–water partition coefficient (Wildman–Crippen LogP) is 1.13. The molecule has 0 amide bonds. The molecule has 1 saturated heterocycles. The third-order valence-electron chi connectivity index (χ3n) is 1.60.